The molecule has 164 valence electrons. The molecule has 2 aromatic heterocycles. The van der Waals surface area contributed by atoms with Crippen LogP contribution in [0.5, 0.6) is 0 Å². The molecular weight excluding hydrogens is 416 g/mol. The molecule has 4 amide bonds. The number of anilines is 1. The summed E-state index contributed by atoms with van der Waals surface area (Å²) < 4.78 is 0. The van der Waals surface area contributed by atoms with Gasteiger partial charge in [0.15, 0.2) is 5.13 Å². The third kappa shape index (κ3) is 4.31. The molecule has 2 saturated heterocycles. The number of aryl methyl sites for hydroxylation is 1. The molecule has 4 heterocycles. The van der Waals surface area contributed by atoms with Crippen LogP contribution in [0.2, 0.25) is 0 Å². The van der Waals surface area contributed by atoms with Gasteiger partial charge < -0.3 is 10.6 Å². The largest absolute Gasteiger partial charge is 0.325 e. The highest BCUT2D eigenvalue weighted by molar-refractivity contribution is 7.15. The zero-order valence-electron chi connectivity index (χ0n) is 17.8. The van der Waals surface area contributed by atoms with Crippen molar-refractivity contribution in [3.8, 4) is 0 Å². The molecule has 2 aliphatic rings. The second-order valence-corrected chi connectivity index (χ2v) is 9.23. The van der Waals surface area contributed by atoms with Crippen molar-refractivity contribution in [2.45, 2.75) is 51.7 Å². The molecule has 1 unspecified atom stereocenters. The molecule has 0 bridgehead atoms. The van der Waals surface area contributed by atoms with E-state index in [0.717, 1.165) is 16.1 Å². The van der Waals surface area contributed by atoms with Crippen LogP contribution in [0.4, 0.5) is 9.93 Å². The first kappa shape index (κ1) is 21.4. The molecular formula is C21H26N6O3S. The molecule has 0 aromatic carbocycles. The maximum absolute atomic E-state index is 13.2. The second kappa shape index (κ2) is 8.35. The Morgan fingerprint density at radius 2 is 2.06 bits per heavy atom. The van der Waals surface area contributed by atoms with E-state index in [9.17, 15) is 14.4 Å². The van der Waals surface area contributed by atoms with Crippen molar-refractivity contribution in [2.24, 2.45) is 0 Å². The van der Waals surface area contributed by atoms with E-state index in [4.69, 9.17) is 0 Å². The maximum atomic E-state index is 13.2. The Hall–Kier alpha value is -2.85. The van der Waals surface area contributed by atoms with Gasteiger partial charge in [-0.3, -0.25) is 24.4 Å². The van der Waals surface area contributed by atoms with E-state index in [0.29, 0.717) is 31.1 Å². The third-order valence-electron chi connectivity index (χ3n) is 5.97. The van der Waals surface area contributed by atoms with Gasteiger partial charge in [0.1, 0.15) is 5.54 Å². The number of imide groups is 1. The Kier molecular flexibility index (Phi) is 5.76. The van der Waals surface area contributed by atoms with Gasteiger partial charge >= 0.3 is 6.03 Å². The van der Waals surface area contributed by atoms with Crippen molar-refractivity contribution in [2.75, 3.05) is 18.4 Å². The summed E-state index contributed by atoms with van der Waals surface area (Å²) in [5.74, 6) is -0.291. The zero-order chi connectivity index (χ0) is 22.2. The van der Waals surface area contributed by atoms with Crippen LogP contribution in [0.25, 0.3) is 0 Å². The fraction of sp³-hybridized carbons (Fsp3) is 0.476. The fourth-order valence-electron chi connectivity index (χ4n) is 4.20. The van der Waals surface area contributed by atoms with Crippen molar-refractivity contribution in [1.29, 1.82) is 0 Å². The lowest BCUT2D eigenvalue weighted by atomic mass is 9.87. The molecule has 0 aliphatic carbocycles. The van der Waals surface area contributed by atoms with Crippen LogP contribution in [0.1, 0.15) is 48.9 Å². The fourth-order valence-corrected chi connectivity index (χ4v) is 5.15. The average molecular weight is 443 g/mol. The summed E-state index contributed by atoms with van der Waals surface area (Å²) >= 11 is 1.46. The van der Waals surface area contributed by atoms with E-state index in [2.05, 4.69) is 32.4 Å². The van der Waals surface area contributed by atoms with Crippen molar-refractivity contribution < 1.29 is 14.4 Å². The molecule has 1 atom stereocenters. The standard InChI is InChI=1S/C21H26N6O3S/c1-13-10-16(4-7-22-13)12-27-18(29)21(25-20(27)30)5-8-26(9-6-21)14(2)17-11-23-19(31-17)24-15(3)28/h4,7,10-11,14H,5-6,8-9,12H2,1-3H3,(H,25,30)(H,23,24,28). The smallest absolute Gasteiger partial charge is 0.323 e. The molecule has 2 aromatic rings. The van der Waals surface area contributed by atoms with Crippen LogP contribution in [-0.4, -0.2) is 56.2 Å². The Morgan fingerprint density at radius 3 is 2.74 bits per heavy atom. The quantitative estimate of drug-likeness (QED) is 0.689. The first-order chi connectivity index (χ1) is 14.8. The molecule has 0 radical (unpaired) electrons. The van der Waals surface area contributed by atoms with E-state index >= 15 is 0 Å². The average Bonchev–Trinajstić information content (AvgIpc) is 3.27. The van der Waals surface area contributed by atoms with Gasteiger partial charge in [-0.05, 0) is 44.4 Å². The normalized spacial score (nSPS) is 19.5. The van der Waals surface area contributed by atoms with Gasteiger partial charge in [0.2, 0.25) is 5.91 Å². The number of pyridine rings is 1. The van der Waals surface area contributed by atoms with Gasteiger partial charge in [0.25, 0.3) is 5.91 Å². The number of thiazole rings is 1. The zero-order valence-corrected chi connectivity index (χ0v) is 18.7. The van der Waals surface area contributed by atoms with E-state index in [-0.39, 0.29) is 30.4 Å². The number of hydrogen-bond acceptors (Lipinski definition) is 7. The van der Waals surface area contributed by atoms with Crippen LogP contribution in [0.3, 0.4) is 0 Å². The predicted octanol–water partition coefficient (Wildman–Crippen LogP) is 2.45. The van der Waals surface area contributed by atoms with Gasteiger partial charge in [-0.15, -0.1) is 11.3 Å². The van der Waals surface area contributed by atoms with Crippen LogP contribution >= 0.6 is 11.3 Å². The summed E-state index contributed by atoms with van der Waals surface area (Å²) in [5.41, 5.74) is 0.912. The Morgan fingerprint density at radius 1 is 1.32 bits per heavy atom. The topological polar surface area (TPSA) is 108 Å². The first-order valence-corrected chi connectivity index (χ1v) is 11.1. The van der Waals surface area contributed by atoms with Crippen LogP contribution in [0, 0.1) is 6.92 Å². The highest BCUT2D eigenvalue weighted by atomic mass is 32.1. The summed E-state index contributed by atoms with van der Waals surface area (Å²) in [5, 5.41) is 6.26. The van der Waals surface area contributed by atoms with E-state index < -0.39 is 5.54 Å². The molecule has 2 N–H and O–H groups in total. The number of amides is 4. The number of carbonyl (C=O) groups is 3. The number of urea groups is 1. The Bertz CT molecular complexity index is 1010. The molecule has 2 fully saturated rings. The lowest BCUT2D eigenvalue weighted by molar-refractivity contribution is -0.133. The summed E-state index contributed by atoms with van der Waals surface area (Å²) in [6.07, 6.45) is 4.59. The minimum absolute atomic E-state index is 0.112. The van der Waals surface area contributed by atoms with Gasteiger partial charge in [-0.2, -0.15) is 0 Å². The number of rotatable bonds is 5. The van der Waals surface area contributed by atoms with Crippen molar-refractivity contribution in [3.05, 3.63) is 40.7 Å². The van der Waals surface area contributed by atoms with E-state index in [1.54, 1.807) is 12.4 Å². The molecule has 4 rings (SSSR count). The number of aromatic nitrogens is 2. The van der Waals surface area contributed by atoms with E-state index in [1.165, 1.54) is 23.2 Å². The highest BCUT2D eigenvalue weighted by Crippen LogP contribution is 2.35. The summed E-state index contributed by atoms with van der Waals surface area (Å²) in [6, 6.07) is 3.50. The number of hydrogen-bond donors (Lipinski definition) is 2. The van der Waals surface area contributed by atoms with Crippen LogP contribution in [-0.2, 0) is 16.1 Å². The molecule has 1 spiro atoms. The van der Waals surface area contributed by atoms with Gasteiger partial charge in [-0.25, -0.2) is 9.78 Å². The molecule has 31 heavy (non-hydrogen) atoms. The van der Waals surface area contributed by atoms with E-state index in [1.807, 2.05) is 19.1 Å². The highest BCUT2D eigenvalue weighted by Gasteiger charge is 2.52. The van der Waals surface area contributed by atoms with Crippen molar-refractivity contribution >= 4 is 34.3 Å². The summed E-state index contributed by atoms with van der Waals surface area (Å²) in [4.78, 5) is 50.1. The predicted molar refractivity (Wildman–Crippen MR) is 116 cm³/mol. The summed E-state index contributed by atoms with van der Waals surface area (Å²) in [7, 11) is 0. The molecule has 2 aliphatic heterocycles. The lowest BCUT2D eigenvalue weighted by Gasteiger charge is -2.39. The van der Waals surface area contributed by atoms with Gasteiger partial charge in [-0.1, -0.05) is 0 Å². The number of likely N-dealkylation sites (tertiary alicyclic amines) is 1. The lowest BCUT2D eigenvalue weighted by Crippen LogP contribution is -2.55. The maximum Gasteiger partial charge on any atom is 0.325 e. The first-order valence-electron chi connectivity index (χ1n) is 10.3. The molecule has 0 saturated carbocycles. The van der Waals surface area contributed by atoms with Gasteiger partial charge in [0.05, 0.1) is 6.54 Å². The van der Waals surface area contributed by atoms with Crippen LogP contribution < -0.4 is 10.6 Å². The van der Waals surface area contributed by atoms with Gasteiger partial charge in [0, 0.05) is 49.0 Å². The van der Waals surface area contributed by atoms with Crippen molar-refractivity contribution in [3.63, 3.8) is 0 Å². The Balaban J connectivity index is 1.40. The minimum Gasteiger partial charge on any atom is -0.323 e. The minimum atomic E-state index is -0.829. The Labute approximate surface area is 184 Å². The number of piperidine rings is 1. The SMILES string of the molecule is CC(=O)Nc1ncc(C(C)N2CCC3(CC2)NC(=O)N(Cc2ccnc(C)c2)C3=O)s1. The molecule has 10 heteroatoms. The third-order valence-corrected chi connectivity index (χ3v) is 7.05. The van der Waals surface area contributed by atoms with Crippen molar-refractivity contribution in [1.82, 2.24) is 25.1 Å². The number of carbonyl (C=O) groups excluding carboxylic acids is 3. The number of nitrogens with one attached hydrogen (secondary N) is 2. The second-order valence-electron chi connectivity index (χ2n) is 8.17. The molecule has 9 nitrogen and oxygen atoms in total. The monoisotopic (exact) mass is 442 g/mol. The number of nitrogens with zero attached hydrogens (tertiary/aromatic N) is 4. The van der Waals surface area contributed by atoms with Crippen LogP contribution in [0.15, 0.2) is 24.5 Å². The summed E-state index contributed by atoms with van der Waals surface area (Å²) in [6.45, 7) is 7.06.